The maximum atomic E-state index is 10.4. The first-order valence-electron chi connectivity index (χ1n) is 8.95. The summed E-state index contributed by atoms with van der Waals surface area (Å²) in [7, 11) is 0. The predicted octanol–water partition coefficient (Wildman–Crippen LogP) is 4.30. The van der Waals surface area contributed by atoms with E-state index in [0.29, 0.717) is 18.2 Å². The number of nitrogens with zero attached hydrogens (tertiary/aromatic N) is 4. The summed E-state index contributed by atoms with van der Waals surface area (Å²) < 4.78 is 2.08. The van der Waals surface area contributed by atoms with Crippen molar-refractivity contribution in [3.8, 4) is 5.75 Å². The van der Waals surface area contributed by atoms with Crippen molar-refractivity contribution in [2.24, 2.45) is 5.92 Å². The van der Waals surface area contributed by atoms with Gasteiger partial charge in [0.25, 0.3) is 11.4 Å². The third-order valence-electron chi connectivity index (χ3n) is 5.08. The lowest BCUT2D eigenvalue weighted by Gasteiger charge is -2.34. The average molecular weight is 417 g/mol. The first kappa shape index (κ1) is 21.8. The number of rotatable bonds is 4. The number of hydrogen-bond donors (Lipinski definition) is 1. The van der Waals surface area contributed by atoms with E-state index in [1.807, 2.05) is 0 Å². The maximum absolute atomic E-state index is 10.4. The Bertz CT molecular complexity index is 720. The molecule has 1 aliphatic carbocycles. The fraction of sp³-hybridized carbons (Fsp3) is 0.625. The number of piperidine rings is 1. The molecule has 1 aliphatic heterocycles. The van der Waals surface area contributed by atoms with Gasteiger partial charge in [0.2, 0.25) is 0 Å². The second kappa shape index (κ2) is 9.60. The molecule has 1 aromatic carbocycles. The Morgan fingerprint density at radius 2 is 1.39 bits per heavy atom. The molecule has 1 N–H and O–H groups in total. The monoisotopic (exact) mass is 416 g/mol. The van der Waals surface area contributed by atoms with Crippen LogP contribution in [0.2, 0.25) is 0 Å². The standard InChI is InChI=1S/C10H18ClN.C6H3N3O7/c11-12-8-4-3-7-10(12)9-5-1-2-6-9;10-6-4(8(13)14)1-3(7(11)12)2-5(6)9(15)16/h9-10H,1-8H2;1-2,10H. The molecule has 1 heterocycles. The minimum Gasteiger partial charge on any atom is -0.497 e. The van der Waals surface area contributed by atoms with Crippen LogP contribution in [0.3, 0.4) is 0 Å². The van der Waals surface area contributed by atoms with Crippen LogP contribution in [0.1, 0.15) is 44.9 Å². The highest BCUT2D eigenvalue weighted by atomic mass is 35.5. The van der Waals surface area contributed by atoms with E-state index in [1.165, 1.54) is 44.9 Å². The fourth-order valence-corrected chi connectivity index (χ4v) is 4.08. The normalized spacial score (nSPS) is 20.2. The van der Waals surface area contributed by atoms with Crippen LogP contribution in [0.15, 0.2) is 12.1 Å². The van der Waals surface area contributed by atoms with Gasteiger partial charge in [-0.15, -0.1) is 0 Å². The lowest BCUT2D eigenvalue weighted by atomic mass is 9.91. The molecule has 12 heteroatoms. The topological polar surface area (TPSA) is 153 Å². The zero-order valence-corrected chi connectivity index (χ0v) is 15.8. The molecule has 1 aromatic rings. The van der Waals surface area contributed by atoms with Crippen molar-refractivity contribution in [1.82, 2.24) is 4.42 Å². The Labute approximate surface area is 165 Å². The molecule has 1 saturated carbocycles. The molecule has 2 aliphatic rings. The lowest BCUT2D eigenvalue weighted by molar-refractivity contribution is -0.404. The third-order valence-corrected chi connectivity index (χ3v) is 5.50. The quantitative estimate of drug-likeness (QED) is 0.432. The van der Waals surface area contributed by atoms with Gasteiger partial charge in [0.1, 0.15) is 0 Å². The highest BCUT2D eigenvalue weighted by Crippen LogP contribution is 2.39. The number of hydrogen-bond acceptors (Lipinski definition) is 8. The van der Waals surface area contributed by atoms with Gasteiger partial charge in [-0.1, -0.05) is 19.3 Å². The summed E-state index contributed by atoms with van der Waals surface area (Å²) in [4.78, 5) is 27.8. The molecular weight excluding hydrogens is 396 g/mol. The van der Waals surface area contributed by atoms with Gasteiger partial charge < -0.3 is 5.11 Å². The number of aromatic hydroxyl groups is 1. The molecule has 0 spiro atoms. The number of non-ortho nitro benzene ring substituents is 1. The van der Waals surface area contributed by atoms with Gasteiger partial charge in [-0.3, -0.25) is 30.3 Å². The number of nitro groups is 3. The second-order valence-corrected chi connectivity index (χ2v) is 7.27. The Morgan fingerprint density at radius 3 is 1.82 bits per heavy atom. The molecule has 1 atom stereocenters. The molecule has 1 unspecified atom stereocenters. The molecule has 154 valence electrons. The Morgan fingerprint density at radius 1 is 0.893 bits per heavy atom. The van der Waals surface area contributed by atoms with Crippen LogP contribution in [0, 0.1) is 36.3 Å². The highest BCUT2D eigenvalue weighted by Gasteiger charge is 2.31. The molecule has 3 rings (SSSR count). The first-order valence-corrected chi connectivity index (χ1v) is 9.28. The highest BCUT2D eigenvalue weighted by molar-refractivity contribution is 6.13. The summed E-state index contributed by atoms with van der Waals surface area (Å²) in [5.74, 6) is -0.289. The van der Waals surface area contributed by atoms with E-state index in [1.54, 1.807) is 0 Å². The Balaban J connectivity index is 0.000000207. The van der Waals surface area contributed by atoms with Crippen molar-refractivity contribution in [2.75, 3.05) is 6.54 Å². The maximum Gasteiger partial charge on any atom is 0.324 e. The summed E-state index contributed by atoms with van der Waals surface area (Å²) in [5, 5.41) is 40.2. The molecule has 0 aromatic heterocycles. The van der Waals surface area contributed by atoms with Gasteiger partial charge in [0.15, 0.2) is 0 Å². The zero-order chi connectivity index (χ0) is 20.8. The van der Waals surface area contributed by atoms with Gasteiger partial charge in [-0.25, -0.2) is 4.42 Å². The number of phenolic OH excluding ortho intramolecular Hbond substituents is 1. The molecule has 2 fully saturated rings. The Hall–Kier alpha value is -2.53. The molecule has 11 nitrogen and oxygen atoms in total. The van der Waals surface area contributed by atoms with E-state index in [2.05, 4.69) is 4.42 Å². The minimum absolute atomic E-state index is 0.447. The van der Waals surface area contributed by atoms with Crippen molar-refractivity contribution < 1.29 is 19.9 Å². The molecule has 28 heavy (non-hydrogen) atoms. The Kier molecular flexibility index (Phi) is 7.46. The predicted molar refractivity (Wildman–Crippen MR) is 100 cm³/mol. The van der Waals surface area contributed by atoms with Crippen molar-refractivity contribution in [3.63, 3.8) is 0 Å². The van der Waals surface area contributed by atoms with Crippen LogP contribution in [-0.4, -0.2) is 36.9 Å². The smallest absolute Gasteiger partial charge is 0.324 e. The second-order valence-electron chi connectivity index (χ2n) is 6.83. The van der Waals surface area contributed by atoms with Gasteiger partial charge in [0, 0.05) is 12.6 Å². The summed E-state index contributed by atoms with van der Waals surface area (Å²) in [6.45, 7) is 1.11. The van der Waals surface area contributed by atoms with Crippen molar-refractivity contribution in [1.29, 1.82) is 0 Å². The van der Waals surface area contributed by atoms with Crippen LogP contribution >= 0.6 is 11.8 Å². The van der Waals surface area contributed by atoms with Crippen LogP contribution in [-0.2, 0) is 0 Å². The molecule has 1 saturated heterocycles. The van der Waals surface area contributed by atoms with E-state index >= 15 is 0 Å². The van der Waals surface area contributed by atoms with E-state index < -0.39 is 37.6 Å². The number of halogens is 1. The SMILES string of the molecule is ClN1CCCCC1C1CCCC1.O=[N+]([O-])c1cc([N+](=O)[O-])c(O)c([N+](=O)[O-])c1. The van der Waals surface area contributed by atoms with E-state index in [9.17, 15) is 30.3 Å². The first-order chi connectivity index (χ1) is 13.2. The summed E-state index contributed by atoms with van der Waals surface area (Å²) >= 11 is 6.20. The average Bonchev–Trinajstić information content (AvgIpc) is 3.16. The van der Waals surface area contributed by atoms with E-state index in [4.69, 9.17) is 16.9 Å². The summed E-state index contributed by atoms with van der Waals surface area (Å²) in [5.41, 5.74) is -3.00. The zero-order valence-electron chi connectivity index (χ0n) is 15.0. The van der Waals surface area contributed by atoms with Crippen molar-refractivity contribution >= 4 is 28.8 Å². The largest absolute Gasteiger partial charge is 0.497 e. The number of nitro benzene ring substituents is 3. The van der Waals surface area contributed by atoms with Crippen LogP contribution < -0.4 is 0 Å². The van der Waals surface area contributed by atoms with Crippen LogP contribution in [0.5, 0.6) is 5.75 Å². The van der Waals surface area contributed by atoms with E-state index in [0.717, 1.165) is 12.5 Å². The van der Waals surface area contributed by atoms with Gasteiger partial charge in [-0.2, -0.15) is 0 Å². The molecule has 0 amide bonds. The third kappa shape index (κ3) is 5.26. The van der Waals surface area contributed by atoms with Crippen molar-refractivity contribution in [3.05, 3.63) is 42.5 Å². The van der Waals surface area contributed by atoms with Crippen LogP contribution in [0.25, 0.3) is 0 Å². The van der Waals surface area contributed by atoms with Crippen LogP contribution in [0.4, 0.5) is 17.1 Å². The van der Waals surface area contributed by atoms with Gasteiger partial charge in [0.05, 0.1) is 26.9 Å². The van der Waals surface area contributed by atoms with Crippen molar-refractivity contribution in [2.45, 2.75) is 51.0 Å². The summed E-state index contributed by atoms with van der Waals surface area (Å²) in [6.07, 6.45) is 9.75. The molecule has 0 bridgehead atoms. The number of benzene rings is 1. The fourth-order valence-electron chi connectivity index (χ4n) is 3.70. The summed E-state index contributed by atoms with van der Waals surface area (Å²) in [6, 6.07) is 1.60. The minimum atomic E-state index is -1.21. The van der Waals surface area contributed by atoms with E-state index in [-0.39, 0.29) is 0 Å². The van der Waals surface area contributed by atoms with Gasteiger partial charge in [-0.05, 0) is 43.4 Å². The molecule has 0 radical (unpaired) electrons. The molecular formula is C16H21ClN4O7. The van der Waals surface area contributed by atoms with Gasteiger partial charge >= 0.3 is 11.4 Å². The lowest BCUT2D eigenvalue weighted by Crippen LogP contribution is -2.37. The number of phenols is 1.